The molecule has 27 heavy (non-hydrogen) atoms. The fourth-order valence-corrected chi connectivity index (χ4v) is 3.70. The highest BCUT2D eigenvalue weighted by Gasteiger charge is 2.32. The van der Waals surface area contributed by atoms with Gasteiger partial charge in [0.1, 0.15) is 11.5 Å². The summed E-state index contributed by atoms with van der Waals surface area (Å²) in [5.74, 6) is 1.18. The zero-order valence-electron chi connectivity index (χ0n) is 16.3. The van der Waals surface area contributed by atoms with E-state index in [9.17, 15) is 9.90 Å². The number of phenolic OH excluding ortho intramolecular Hbond substituents is 1. The van der Waals surface area contributed by atoms with Crippen LogP contribution in [-0.4, -0.2) is 48.2 Å². The minimum atomic E-state index is 0.106. The van der Waals surface area contributed by atoms with Crippen molar-refractivity contribution in [3.05, 3.63) is 54.1 Å². The van der Waals surface area contributed by atoms with Gasteiger partial charge in [0.05, 0.1) is 13.7 Å². The Labute approximate surface area is 161 Å². The minimum Gasteiger partial charge on any atom is -0.508 e. The van der Waals surface area contributed by atoms with E-state index in [-0.39, 0.29) is 11.9 Å². The number of rotatable bonds is 6. The molecule has 0 aromatic heterocycles. The van der Waals surface area contributed by atoms with Crippen LogP contribution in [0.15, 0.2) is 48.5 Å². The third-order valence-electron chi connectivity index (χ3n) is 5.29. The quantitative estimate of drug-likeness (QED) is 0.848. The number of hydrogen-bond acceptors (Lipinski definition) is 4. The molecule has 1 N–H and O–H groups in total. The Morgan fingerprint density at radius 3 is 2.63 bits per heavy atom. The molecule has 0 unspecified atom stereocenters. The summed E-state index contributed by atoms with van der Waals surface area (Å²) in [6, 6.07) is 15.5. The van der Waals surface area contributed by atoms with Crippen LogP contribution >= 0.6 is 0 Å². The minimum absolute atomic E-state index is 0.106. The van der Waals surface area contributed by atoms with Crippen LogP contribution in [0.25, 0.3) is 0 Å². The molecule has 0 bridgehead atoms. The van der Waals surface area contributed by atoms with Gasteiger partial charge in [0.25, 0.3) is 0 Å². The van der Waals surface area contributed by atoms with Gasteiger partial charge >= 0.3 is 0 Å². The number of aryl methyl sites for hydroxylation is 1. The predicted molar refractivity (Wildman–Crippen MR) is 107 cm³/mol. The van der Waals surface area contributed by atoms with Crippen molar-refractivity contribution >= 4 is 11.6 Å². The predicted octanol–water partition coefficient (Wildman–Crippen LogP) is 3.46. The summed E-state index contributed by atoms with van der Waals surface area (Å²) in [7, 11) is 1.64. The Hall–Kier alpha value is -2.53. The first-order valence-corrected chi connectivity index (χ1v) is 9.46. The molecule has 1 amide bonds. The lowest BCUT2D eigenvalue weighted by molar-refractivity contribution is -0.122. The smallest absolute Gasteiger partial charge is 0.241 e. The number of amides is 1. The molecule has 0 spiro atoms. The molecule has 0 aliphatic carbocycles. The molecular weight excluding hydrogens is 340 g/mol. The van der Waals surface area contributed by atoms with Crippen molar-refractivity contribution in [1.82, 2.24) is 4.90 Å². The third kappa shape index (κ3) is 4.61. The van der Waals surface area contributed by atoms with E-state index in [4.69, 9.17) is 4.74 Å². The summed E-state index contributed by atoms with van der Waals surface area (Å²) in [6.07, 6.45) is 1.91. The molecule has 2 atom stereocenters. The van der Waals surface area contributed by atoms with Crippen molar-refractivity contribution in [2.24, 2.45) is 0 Å². The number of ether oxygens (including phenoxy) is 1. The molecule has 0 radical (unpaired) electrons. The number of anilines is 1. The molecule has 2 aromatic rings. The Morgan fingerprint density at radius 2 is 1.96 bits per heavy atom. The molecule has 1 aliphatic heterocycles. The van der Waals surface area contributed by atoms with Crippen molar-refractivity contribution in [2.75, 3.05) is 25.1 Å². The number of carbonyl (C=O) groups excluding carboxylic acids is 1. The summed E-state index contributed by atoms with van der Waals surface area (Å²) >= 11 is 0. The lowest BCUT2D eigenvalue weighted by Gasteiger charge is -2.42. The molecule has 5 nitrogen and oxygen atoms in total. The molecule has 5 heteroatoms. The monoisotopic (exact) mass is 368 g/mol. The molecule has 1 fully saturated rings. The van der Waals surface area contributed by atoms with Crippen LogP contribution in [0.1, 0.15) is 25.8 Å². The van der Waals surface area contributed by atoms with Crippen molar-refractivity contribution in [3.63, 3.8) is 0 Å². The molecule has 3 rings (SSSR count). The first-order chi connectivity index (χ1) is 13.0. The molecule has 0 saturated carbocycles. The number of nitrogens with zero attached hydrogens (tertiary/aromatic N) is 2. The van der Waals surface area contributed by atoms with Gasteiger partial charge in [0.2, 0.25) is 5.91 Å². The lowest BCUT2D eigenvalue weighted by atomic mass is 10.0. The second-order valence-corrected chi connectivity index (χ2v) is 7.30. The van der Waals surface area contributed by atoms with E-state index >= 15 is 0 Å². The molecule has 1 saturated heterocycles. The van der Waals surface area contributed by atoms with Crippen molar-refractivity contribution in [1.29, 1.82) is 0 Å². The first kappa shape index (κ1) is 19.2. The van der Waals surface area contributed by atoms with Crippen LogP contribution in [0.3, 0.4) is 0 Å². The fraction of sp³-hybridized carbons (Fsp3) is 0.409. The van der Waals surface area contributed by atoms with E-state index in [0.29, 0.717) is 18.3 Å². The fourth-order valence-electron chi connectivity index (χ4n) is 3.70. The highest BCUT2D eigenvalue weighted by molar-refractivity contribution is 5.96. The number of methoxy groups -OCH3 is 1. The van der Waals surface area contributed by atoms with Crippen molar-refractivity contribution in [2.45, 2.75) is 38.8 Å². The number of aromatic hydroxyl groups is 1. The molecule has 1 aliphatic rings. The lowest BCUT2D eigenvalue weighted by Crippen LogP contribution is -2.57. The SMILES string of the molecule is COc1cccc(N2C(=O)CN([C@H](C)CCc3ccc(O)cc3)C[C@H]2C)c1. The van der Waals surface area contributed by atoms with E-state index in [1.165, 1.54) is 5.56 Å². The maximum Gasteiger partial charge on any atom is 0.241 e. The number of hydrogen-bond donors (Lipinski definition) is 1. The number of benzene rings is 2. The summed E-state index contributed by atoms with van der Waals surface area (Å²) in [5, 5.41) is 9.39. The Bertz CT molecular complexity index is 775. The zero-order valence-corrected chi connectivity index (χ0v) is 16.3. The summed E-state index contributed by atoms with van der Waals surface area (Å²) in [4.78, 5) is 17.0. The molecule has 2 aromatic carbocycles. The highest BCUT2D eigenvalue weighted by Crippen LogP contribution is 2.26. The number of phenols is 1. The van der Waals surface area contributed by atoms with E-state index < -0.39 is 0 Å². The molecule has 1 heterocycles. The average Bonchev–Trinajstić information content (AvgIpc) is 2.67. The van der Waals surface area contributed by atoms with E-state index in [2.05, 4.69) is 18.7 Å². The van der Waals surface area contributed by atoms with Crippen molar-refractivity contribution < 1.29 is 14.6 Å². The van der Waals surface area contributed by atoms with Gasteiger partial charge in [-0.1, -0.05) is 18.2 Å². The molecular formula is C22H28N2O3. The maximum absolute atomic E-state index is 12.8. The van der Waals surface area contributed by atoms with Gasteiger partial charge in [-0.15, -0.1) is 0 Å². The number of carbonyl (C=O) groups is 1. The van der Waals surface area contributed by atoms with E-state index in [1.54, 1.807) is 19.2 Å². The maximum atomic E-state index is 12.8. The summed E-state index contributed by atoms with van der Waals surface area (Å²) in [5.41, 5.74) is 2.09. The number of piperazine rings is 1. The molecule has 144 valence electrons. The normalized spacial score (nSPS) is 19.1. The second-order valence-electron chi connectivity index (χ2n) is 7.30. The Balaban J connectivity index is 1.61. The Morgan fingerprint density at radius 1 is 1.22 bits per heavy atom. The van der Waals surface area contributed by atoms with Gasteiger partial charge < -0.3 is 14.7 Å². The largest absolute Gasteiger partial charge is 0.508 e. The third-order valence-corrected chi connectivity index (χ3v) is 5.29. The van der Waals surface area contributed by atoms with Crippen LogP contribution in [0, 0.1) is 0 Å². The van der Waals surface area contributed by atoms with Gasteiger partial charge in [-0.25, -0.2) is 0 Å². The standard InChI is InChI=1S/C22H28N2O3/c1-16(7-8-18-9-11-20(25)12-10-18)23-14-17(2)24(22(26)15-23)19-5-4-6-21(13-19)27-3/h4-6,9-13,16-17,25H,7-8,14-15H2,1-3H3/t16-,17-/m1/s1. The van der Waals surface area contributed by atoms with E-state index in [1.807, 2.05) is 41.3 Å². The second kappa shape index (κ2) is 8.44. The average molecular weight is 368 g/mol. The van der Waals surface area contributed by atoms with Crippen LogP contribution in [0.4, 0.5) is 5.69 Å². The van der Waals surface area contributed by atoms with Gasteiger partial charge in [0.15, 0.2) is 0 Å². The highest BCUT2D eigenvalue weighted by atomic mass is 16.5. The van der Waals surface area contributed by atoms with Gasteiger partial charge in [-0.3, -0.25) is 9.69 Å². The summed E-state index contributed by atoms with van der Waals surface area (Å²) < 4.78 is 5.29. The van der Waals surface area contributed by atoms with Gasteiger partial charge in [-0.2, -0.15) is 0 Å². The van der Waals surface area contributed by atoms with Crippen LogP contribution < -0.4 is 9.64 Å². The first-order valence-electron chi connectivity index (χ1n) is 9.46. The summed E-state index contributed by atoms with van der Waals surface area (Å²) in [6.45, 7) is 5.55. The Kier molecular flexibility index (Phi) is 6.01. The zero-order chi connectivity index (χ0) is 19.4. The van der Waals surface area contributed by atoms with Crippen LogP contribution in [0.2, 0.25) is 0 Å². The van der Waals surface area contributed by atoms with Crippen LogP contribution in [0.5, 0.6) is 11.5 Å². The van der Waals surface area contributed by atoms with Crippen LogP contribution in [-0.2, 0) is 11.2 Å². The van der Waals surface area contributed by atoms with Gasteiger partial charge in [0, 0.05) is 30.4 Å². The van der Waals surface area contributed by atoms with E-state index in [0.717, 1.165) is 30.8 Å². The topological polar surface area (TPSA) is 53.0 Å². The van der Waals surface area contributed by atoms with Gasteiger partial charge in [-0.05, 0) is 56.5 Å². The van der Waals surface area contributed by atoms with Crippen molar-refractivity contribution in [3.8, 4) is 11.5 Å².